The number of amides is 1. The van der Waals surface area contributed by atoms with Crippen LogP contribution in [0.15, 0.2) is 24.3 Å². The van der Waals surface area contributed by atoms with E-state index >= 15 is 0 Å². The number of nitrogens with one attached hydrogen (secondary N) is 1. The third kappa shape index (κ3) is 3.03. The summed E-state index contributed by atoms with van der Waals surface area (Å²) in [4.78, 5) is 11.5. The molecule has 1 fully saturated rings. The first-order valence-corrected chi connectivity index (χ1v) is 5.85. The second kappa shape index (κ2) is 4.63. The Hall–Kier alpha value is -1.52. The SMILES string of the molecule is CC(NC(=O)C1CC1)c1cccc(C(F)(F)F)c1. The topological polar surface area (TPSA) is 29.1 Å². The molecule has 5 heteroatoms. The standard InChI is InChI=1S/C13H14F3NO/c1-8(17-12(18)9-5-6-9)10-3-2-4-11(7-10)13(14,15)16/h2-4,7-9H,5-6H2,1H3,(H,17,18). The van der Waals surface area contributed by atoms with E-state index in [4.69, 9.17) is 0 Å². The Bertz CT molecular complexity index is 452. The third-order valence-corrected chi connectivity index (χ3v) is 3.02. The number of hydrogen-bond donors (Lipinski definition) is 1. The van der Waals surface area contributed by atoms with Gasteiger partial charge >= 0.3 is 6.18 Å². The van der Waals surface area contributed by atoms with E-state index in [-0.39, 0.29) is 11.8 Å². The summed E-state index contributed by atoms with van der Waals surface area (Å²) >= 11 is 0. The molecule has 2 rings (SSSR count). The number of carbonyl (C=O) groups excluding carboxylic acids is 1. The highest BCUT2D eigenvalue weighted by Crippen LogP contribution is 2.32. The molecule has 0 aliphatic heterocycles. The molecule has 0 radical (unpaired) electrons. The average Bonchev–Trinajstić information content (AvgIpc) is 3.11. The maximum atomic E-state index is 12.5. The lowest BCUT2D eigenvalue weighted by Crippen LogP contribution is -2.28. The van der Waals surface area contributed by atoms with Crippen molar-refractivity contribution in [2.45, 2.75) is 32.0 Å². The van der Waals surface area contributed by atoms with Gasteiger partial charge in [-0.3, -0.25) is 4.79 Å². The van der Waals surface area contributed by atoms with Gasteiger partial charge in [-0.1, -0.05) is 12.1 Å². The van der Waals surface area contributed by atoms with E-state index in [1.165, 1.54) is 6.07 Å². The molecule has 1 aromatic carbocycles. The van der Waals surface area contributed by atoms with E-state index in [0.717, 1.165) is 25.0 Å². The molecule has 1 aliphatic rings. The van der Waals surface area contributed by atoms with Crippen molar-refractivity contribution in [1.29, 1.82) is 0 Å². The number of benzene rings is 1. The number of rotatable bonds is 3. The molecule has 1 atom stereocenters. The fraction of sp³-hybridized carbons (Fsp3) is 0.462. The van der Waals surface area contributed by atoms with E-state index in [9.17, 15) is 18.0 Å². The van der Waals surface area contributed by atoms with Crippen LogP contribution in [0.3, 0.4) is 0 Å². The van der Waals surface area contributed by atoms with Crippen LogP contribution >= 0.6 is 0 Å². The average molecular weight is 257 g/mol. The van der Waals surface area contributed by atoms with Crippen molar-refractivity contribution in [3.8, 4) is 0 Å². The van der Waals surface area contributed by atoms with Gasteiger partial charge < -0.3 is 5.32 Å². The van der Waals surface area contributed by atoms with Gasteiger partial charge in [-0.2, -0.15) is 13.2 Å². The largest absolute Gasteiger partial charge is 0.416 e. The Kier molecular flexibility index (Phi) is 3.32. The number of carbonyl (C=O) groups is 1. The fourth-order valence-electron chi connectivity index (χ4n) is 1.74. The van der Waals surface area contributed by atoms with Gasteiger partial charge in [0.15, 0.2) is 0 Å². The Morgan fingerprint density at radius 2 is 2.06 bits per heavy atom. The maximum absolute atomic E-state index is 12.5. The van der Waals surface area contributed by atoms with Gasteiger partial charge in [0.2, 0.25) is 5.91 Å². The van der Waals surface area contributed by atoms with Crippen molar-refractivity contribution in [1.82, 2.24) is 5.32 Å². The lowest BCUT2D eigenvalue weighted by Gasteiger charge is -2.16. The summed E-state index contributed by atoms with van der Waals surface area (Å²) in [6.07, 6.45) is -2.60. The molecule has 1 N–H and O–H groups in total. The Morgan fingerprint density at radius 3 is 2.61 bits per heavy atom. The molecule has 1 unspecified atom stereocenters. The van der Waals surface area contributed by atoms with Crippen LogP contribution in [0.25, 0.3) is 0 Å². The van der Waals surface area contributed by atoms with Crippen LogP contribution in [0.4, 0.5) is 13.2 Å². The first kappa shape index (κ1) is 12.9. The van der Waals surface area contributed by atoms with E-state index in [1.54, 1.807) is 13.0 Å². The Labute approximate surface area is 103 Å². The molecule has 2 nitrogen and oxygen atoms in total. The highest BCUT2D eigenvalue weighted by Gasteiger charge is 2.32. The fourth-order valence-corrected chi connectivity index (χ4v) is 1.74. The number of hydrogen-bond acceptors (Lipinski definition) is 1. The predicted octanol–water partition coefficient (Wildman–Crippen LogP) is 3.29. The van der Waals surface area contributed by atoms with Crippen molar-refractivity contribution in [2.75, 3.05) is 0 Å². The van der Waals surface area contributed by atoms with Crippen LogP contribution in [-0.4, -0.2) is 5.91 Å². The first-order valence-electron chi connectivity index (χ1n) is 5.85. The van der Waals surface area contributed by atoms with E-state index in [2.05, 4.69) is 5.32 Å². The normalized spacial score (nSPS) is 17.3. The molecule has 1 amide bonds. The first-order chi connectivity index (χ1) is 8.38. The van der Waals surface area contributed by atoms with Crippen molar-refractivity contribution < 1.29 is 18.0 Å². The van der Waals surface area contributed by atoms with Crippen molar-refractivity contribution >= 4 is 5.91 Å². The van der Waals surface area contributed by atoms with E-state index < -0.39 is 17.8 Å². The molecule has 98 valence electrons. The van der Waals surface area contributed by atoms with E-state index in [0.29, 0.717) is 5.56 Å². The summed E-state index contributed by atoms with van der Waals surface area (Å²) in [6.45, 7) is 1.69. The number of halogens is 3. The molecule has 0 aromatic heterocycles. The van der Waals surface area contributed by atoms with Gasteiger partial charge in [-0.15, -0.1) is 0 Å². The monoisotopic (exact) mass is 257 g/mol. The summed E-state index contributed by atoms with van der Waals surface area (Å²) in [7, 11) is 0. The lowest BCUT2D eigenvalue weighted by molar-refractivity contribution is -0.137. The second-order valence-electron chi connectivity index (χ2n) is 4.63. The minimum Gasteiger partial charge on any atom is -0.349 e. The smallest absolute Gasteiger partial charge is 0.349 e. The quantitative estimate of drug-likeness (QED) is 0.884. The molecule has 0 bridgehead atoms. The maximum Gasteiger partial charge on any atom is 0.416 e. The molecule has 0 heterocycles. The van der Waals surface area contributed by atoms with Gasteiger partial charge in [0.25, 0.3) is 0 Å². The van der Waals surface area contributed by atoms with Crippen molar-refractivity contribution in [2.24, 2.45) is 5.92 Å². The van der Waals surface area contributed by atoms with Crippen LogP contribution in [0.2, 0.25) is 0 Å². The van der Waals surface area contributed by atoms with Gasteiger partial charge in [0.1, 0.15) is 0 Å². The lowest BCUT2D eigenvalue weighted by atomic mass is 10.0. The third-order valence-electron chi connectivity index (χ3n) is 3.02. The van der Waals surface area contributed by atoms with Gasteiger partial charge in [-0.05, 0) is 37.5 Å². The zero-order valence-electron chi connectivity index (χ0n) is 9.92. The van der Waals surface area contributed by atoms with Gasteiger partial charge in [-0.25, -0.2) is 0 Å². The highest BCUT2D eigenvalue weighted by molar-refractivity contribution is 5.81. The molecule has 0 saturated heterocycles. The predicted molar refractivity (Wildman–Crippen MR) is 60.7 cm³/mol. The summed E-state index contributed by atoms with van der Waals surface area (Å²) in [6, 6.07) is 4.65. The van der Waals surface area contributed by atoms with Crippen LogP contribution in [0, 0.1) is 5.92 Å². The second-order valence-corrected chi connectivity index (χ2v) is 4.63. The van der Waals surface area contributed by atoms with Gasteiger partial charge in [0.05, 0.1) is 11.6 Å². The molecule has 18 heavy (non-hydrogen) atoms. The Balaban J connectivity index is 2.09. The van der Waals surface area contributed by atoms with Crippen LogP contribution in [0.1, 0.15) is 36.9 Å². The summed E-state index contributed by atoms with van der Waals surface area (Å²) in [5.41, 5.74) is -0.216. The molecular formula is C13H14F3NO. The summed E-state index contributed by atoms with van der Waals surface area (Å²) in [5.74, 6) is -0.0156. The molecule has 0 spiro atoms. The minimum absolute atomic E-state index is 0.0539. The zero-order valence-corrected chi connectivity index (χ0v) is 9.92. The summed E-state index contributed by atoms with van der Waals surface area (Å²) in [5, 5.41) is 2.73. The molecule has 1 saturated carbocycles. The number of alkyl halides is 3. The molecule has 1 aliphatic carbocycles. The highest BCUT2D eigenvalue weighted by atomic mass is 19.4. The van der Waals surface area contributed by atoms with E-state index in [1.807, 2.05) is 0 Å². The van der Waals surface area contributed by atoms with Crippen LogP contribution in [-0.2, 0) is 11.0 Å². The minimum atomic E-state index is -4.35. The zero-order chi connectivity index (χ0) is 13.3. The van der Waals surface area contributed by atoms with Crippen molar-refractivity contribution in [3.05, 3.63) is 35.4 Å². The summed E-state index contributed by atoms with van der Waals surface area (Å²) < 4.78 is 37.6. The van der Waals surface area contributed by atoms with Crippen LogP contribution in [0.5, 0.6) is 0 Å². The molecular weight excluding hydrogens is 243 g/mol. The Morgan fingerprint density at radius 1 is 1.39 bits per heavy atom. The van der Waals surface area contributed by atoms with Crippen molar-refractivity contribution in [3.63, 3.8) is 0 Å². The molecule has 1 aromatic rings. The van der Waals surface area contributed by atoms with Crippen LogP contribution < -0.4 is 5.32 Å². The van der Waals surface area contributed by atoms with Gasteiger partial charge in [0, 0.05) is 5.92 Å².